The first-order chi connectivity index (χ1) is 5.33. The first-order valence-corrected chi connectivity index (χ1v) is 5.33. The summed E-state index contributed by atoms with van der Waals surface area (Å²) < 4.78 is 0. The molecule has 0 aromatic heterocycles. The van der Waals surface area contributed by atoms with Crippen LogP contribution >= 0.6 is 0 Å². The molecule has 0 heteroatoms. The van der Waals surface area contributed by atoms with Gasteiger partial charge >= 0.3 is 0 Å². The Kier molecular flexibility index (Phi) is 1.95. The molecule has 11 heavy (non-hydrogen) atoms. The van der Waals surface area contributed by atoms with Crippen molar-refractivity contribution in [1.29, 1.82) is 0 Å². The van der Waals surface area contributed by atoms with Gasteiger partial charge < -0.3 is 0 Å². The van der Waals surface area contributed by atoms with Crippen molar-refractivity contribution < 1.29 is 0 Å². The van der Waals surface area contributed by atoms with Crippen LogP contribution in [0.2, 0.25) is 0 Å². The molecule has 0 heterocycles. The Morgan fingerprint density at radius 2 is 2.09 bits per heavy atom. The average molecular weight is 152 g/mol. The predicted octanol–water partition coefficient (Wildman–Crippen LogP) is 3.47. The molecular weight excluding hydrogens is 132 g/mol. The van der Waals surface area contributed by atoms with Crippen molar-refractivity contribution in [3.63, 3.8) is 0 Å². The van der Waals surface area contributed by atoms with Crippen molar-refractivity contribution in [3.8, 4) is 0 Å². The molecule has 0 radical (unpaired) electrons. The summed E-state index contributed by atoms with van der Waals surface area (Å²) in [4.78, 5) is 0. The highest BCUT2D eigenvalue weighted by Gasteiger charge is 2.50. The molecule has 0 amide bonds. The SMILES string of the molecule is CCCCC1CC2CC(C)C12. The summed E-state index contributed by atoms with van der Waals surface area (Å²) >= 11 is 0. The zero-order valence-corrected chi connectivity index (χ0v) is 7.84. The van der Waals surface area contributed by atoms with Gasteiger partial charge in [0.2, 0.25) is 0 Å². The number of hydrogen-bond donors (Lipinski definition) is 0. The molecule has 0 aromatic rings. The van der Waals surface area contributed by atoms with Crippen LogP contribution in [0.4, 0.5) is 0 Å². The van der Waals surface area contributed by atoms with E-state index in [0.717, 1.165) is 11.8 Å². The maximum Gasteiger partial charge on any atom is -0.0331 e. The van der Waals surface area contributed by atoms with Crippen LogP contribution in [0, 0.1) is 23.7 Å². The predicted molar refractivity (Wildman–Crippen MR) is 48.4 cm³/mol. The normalized spacial score (nSPS) is 47.5. The van der Waals surface area contributed by atoms with E-state index < -0.39 is 0 Å². The second-order valence-corrected chi connectivity index (χ2v) is 4.69. The van der Waals surface area contributed by atoms with E-state index in [1.807, 2.05) is 0 Å². The molecule has 2 saturated carbocycles. The molecule has 4 unspecified atom stereocenters. The lowest BCUT2D eigenvalue weighted by molar-refractivity contribution is -0.0845. The quantitative estimate of drug-likeness (QED) is 0.581. The summed E-state index contributed by atoms with van der Waals surface area (Å²) in [6.45, 7) is 4.75. The fourth-order valence-corrected chi connectivity index (χ4v) is 3.29. The Morgan fingerprint density at radius 3 is 2.64 bits per heavy atom. The molecule has 0 saturated heterocycles. The van der Waals surface area contributed by atoms with Gasteiger partial charge in [-0.1, -0.05) is 33.1 Å². The van der Waals surface area contributed by atoms with Crippen LogP contribution < -0.4 is 0 Å². The van der Waals surface area contributed by atoms with Gasteiger partial charge in [0.05, 0.1) is 0 Å². The molecule has 0 spiro atoms. The second-order valence-electron chi connectivity index (χ2n) is 4.69. The molecule has 0 N–H and O–H groups in total. The number of fused-ring (bicyclic) bond motifs is 1. The highest BCUT2D eigenvalue weighted by molar-refractivity contribution is 5.00. The van der Waals surface area contributed by atoms with Gasteiger partial charge in [-0.3, -0.25) is 0 Å². The van der Waals surface area contributed by atoms with Gasteiger partial charge in [0.1, 0.15) is 0 Å². The maximum atomic E-state index is 2.44. The fraction of sp³-hybridized carbons (Fsp3) is 1.00. The van der Waals surface area contributed by atoms with Crippen molar-refractivity contribution in [3.05, 3.63) is 0 Å². The van der Waals surface area contributed by atoms with Crippen molar-refractivity contribution in [1.82, 2.24) is 0 Å². The molecular formula is C11H20. The topological polar surface area (TPSA) is 0 Å². The minimum absolute atomic E-state index is 1.08. The minimum Gasteiger partial charge on any atom is -0.0654 e. The third-order valence-electron chi connectivity index (χ3n) is 3.95. The van der Waals surface area contributed by atoms with E-state index in [9.17, 15) is 0 Å². The van der Waals surface area contributed by atoms with E-state index in [1.165, 1.54) is 31.1 Å². The highest BCUT2D eigenvalue weighted by Crippen LogP contribution is 2.59. The first-order valence-electron chi connectivity index (χ1n) is 5.33. The number of rotatable bonds is 3. The van der Waals surface area contributed by atoms with Crippen LogP contribution in [-0.4, -0.2) is 0 Å². The lowest BCUT2D eigenvalue weighted by Crippen LogP contribution is -2.50. The molecule has 0 bridgehead atoms. The van der Waals surface area contributed by atoms with Gasteiger partial charge in [0.25, 0.3) is 0 Å². The average Bonchev–Trinajstić information content (AvgIpc) is 1.95. The number of hydrogen-bond acceptors (Lipinski definition) is 0. The Bertz CT molecular complexity index is 135. The summed E-state index contributed by atoms with van der Waals surface area (Å²) in [5.41, 5.74) is 0. The van der Waals surface area contributed by atoms with Gasteiger partial charge in [-0.05, 0) is 36.5 Å². The van der Waals surface area contributed by atoms with Gasteiger partial charge in [-0.2, -0.15) is 0 Å². The Hall–Kier alpha value is 0. The van der Waals surface area contributed by atoms with E-state index in [4.69, 9.17) is 0 Å². The molecule has 2 aliphatic rings. The summed E-state index contributed by atoms with van der Waals surface area (Å²) in [6.07, 6.45) is 7.52. The summed E-state index contributed by atoms with van der Waals surface area (Å²) in [6, 6.07) is 0. The van der Waals surface area contributed by atoms with Crippen molar-refractivity contribution >= 4 is 0 Å². The molecule has 0 aliphatic heterocycles. The Balaban J connectivity index is 1.72. The van der Waals surface area contributed by atoms with E-state index in [-0.39, 0.29) is 0 Å². The lowest BCUT2D eigenvalue weighted by atomic mass is 9.47. The van der Waals surface area contributed by atoms with Crippen molar-refractivity contribution in [2.75, 3.05) is 0 Å². The Labute approximate surface area is 70.4 Å². The zero-order chi connectivity index (χ0) is 7.84. The Morgan fingerprint density at radius 1 is 1.27 bits per heavy atom. The molecule has 0 aromatic carbocycles. The van der Waals surface area contributed by atoms with Crippen LogP contribution in [0.3, 0.4) is 0 Å². The molecule has 64 valence electrons. The second kappa shape index (κ2) is 2.80. The summed E-state index contributed by atoms with van der Waals surface area (Å²) in [5, 5.41) is 0. The molecule has 2 aliphatic carbocycles. The zero-order valence-electron chi connectivity index (χ0n) is 7.84. The maximum absolute atomic E-state index is 2.44. The van der Waals surface area contributed by atoms with E-state index in [0.29, 0.717) is 0 Å². The summed E-state index contributed by atoms with van der Waals surface area (Å²) in [5.74, 6) is 4.56. The fourth-order valence-electron chi connectivity index (χ4n) is 3.29. The standard InChI is InChI=1S/C11H20/c1-3-4-5-9-7-10-6-8(2)11(9)10/h8-11H,3-7H2,1-2H3. The molecule has 4 atom stereocenters. The van der Waals surface area contributed by atoms with Crippen molar-refractivity contribution in [2.45, 2.75) is 46.0 Å². The van der Waals surface area contributed by atoms with Gasteiger partial charge in [-0.15, -0.1) is 0 Å². The molecule has 0 nitrogen and oxygen atoms in total. The van der Waals surface area contributed by atoms with E-state index in [1.54, 1.807) is 12.8 Å². The van der Waals surface area contributed by atoms with E-state index >= 15 is 0 Å². The monoisotopic (exact) mass is 152 g/mol. The van der Waals surface area contributed by atoms with Crippen LogP contribution in [0.15, 0.2) is 0 Å². The van der Waals surface area contributed by atoms with Crippen LogP contribution in [0.5, 0.6) is 0 Å². The first kappa shape index (κ1) is 7.64. The highest BCUT2D eigenvalue weighted by atomic mass is 14.6. The number of unbranched alkanes of at least 4 members (excludes halogenated alkanes) is 1. The van der Waals surface area contributed by atoms with Crippen LogP contribution in [0.25, 0.3) is 0 Å². The third kappa shape index (κ3) is 1.11. The third-order valence-corrected chi connectivity index (χ3v) is 3.95. The van der Waals surface area contributed by atoms with Crippen LogP contribution in [0.1, 0.15) is 46.0 Å². The van der Waals surface area contributed by atoms with Crippen LogP contribution in [-0.2, 0) is 0 Å². The van der Waals surface area contributed by atoms with E-state index in [2.05, 4.69) is 13.8 Å². The lowest BCUT2D eigenvalue weighted by Gasteiger charge is -2.58. The summed E-state index contributed by atoms with van der Waals surface area (Å²) in [7, 11) is 0. The van der Waals surface area contributed by atoms with Gasteiger partial charge in [0.15, 0.2) is 0 Å². The minimum atomic E-state index is 1.08. The smallest absolute Gasteiger partial charge is 0.0331 e. The molecule has 2 fully saturated rings. The largest absolute Gasteiger partial charge is 0.0654 e. The van der Waals surface area contributed by atoms with Gasteiger partial charge in [0, 0.05) is 0 Å². The van der Waals surface area contributed by atoms with Gasteiger partial charge in [-0.25, -0.2) is 0 Å². The molecule has 2 rings (SSSR count). The van der Waals surface area contributed by atoms with Crippen molar-refractivity contribution in [2.24, 2.45) is 23.7 Å².